The molecule has 0 bridgehead atoms. The van der Waals surface area contributed by atoms with Gasteiger partial charge in [0.25, 0.3) is 0 Å². The Morgan fingerprint density at radius 2 is 1.80 bits per heavy atom. The Kier molecular flexibility index (Phi) is 3.93. The van der Waals surface area contributed by atoms with Crippen molar-refractivity contribution in [3.05, 3.63) is 30.3 Å². The van der Waals surface area contributed by atoms with Crippen LogP contribution in [0.4, 0.5) is 0 Å². The van der Waals surface area contributed by atoms with Gasteiger partial charge in [0.1, 0.15) is 5.25 Å². The third-order valence-electron chi connectivity index (χ3n) is 2.07. The predicted molar refractivity (Wildman–Crippen MR) is 61.6 cm³/mol. The zero-order valence-corrected chi connectivity index (χ0v) is 10.1. The number of thioether (sulfide) groups is 1. The molecule has 3 nitrogen and oxygen atoms in total. The van der Waals surface area contributed by atoms with E-state index in [1.807, 2.05) is 0 Å². The van der Waals surface area contributed by atoms with E-state index < -0.39 is 15.1 Å². The number of sulfone groups is 1. The van der Waals surface area contributed by atoms with E-state index >= 15 is 0 Å². The second-order valence-corrected chi connectivity index (χ2v) is 6.10. The second-order valence-electron chi connectivity index (χ2n) is 3.02. The van der Waals surface area contributed by atoms with Crippen LogP contribution in [0.5, 0.6) is 0 Å². The fourth-order valence-electron chi connectivity index (χ4n) is 1.11. The van der Waals surface area contributed by atoms with Crippen molar-refractivity contribution in [1.82, 2.24) is 0 Å². The van der Waals surface area contributed by atoms with Gasteiger partial charge in [0, 0.05) is 0 Å². The molecule has 1 aromatic carbocycles. The van der Waals surface area contributed by atoms with Gasteiger partial charge >= 0.3 is 0 Å². The van der Waals surface area contributed by atoms with E-state index in [2.05, 4.69) is 0 Å². The summed E-state index contributed by atoms with van der Waals surface area (Å²) in [5.41, 5.74) is 0. The van der Waals surface area contributed by atoms with E-state index in [0.717, 1.165) is 11.8 Å². The fourth-order valence-corrected chi connectivity index (χ4v) is 3.31. The van der Waals surface area contributed by atoms with Crippen molar-refractivity contribution in [2.24, 2.45) is 0 Å². The van der Waals surface area contributed by atoms with E-state index in [1.165, 1.54) is 19.1 Å². The molecule has 1 aromatic rings. The quantitative estimate of drug-likeness (QED) is 0.812. The Hall–Kier alpha value is -0.810. The first-order valence-corrected chi connectivity index (χ1v) is 7.14. The van der Waals surface area contributed by atoms with Gasteiger partial charge in [-0.1, -0.05) is 30.0 Å². The Labute approximate surface area is 93.8 Å². The Bertz CT molecular complexity index is 437. The van der Waals surface area contributed by atoms with Gasteiger partial charge in [0.05, 0.1) is 4.90 Å². The highest BCUT2D eigenvalue weighted by Gasteiger charge is 2.28. The lowest BCUT2D eigenvalue weighted by Gasteiger charge is -2.09. The van der Waals surface area contributed by atoms with E-state index in [1.54, 1.807) is 24.5 Å². The van der Waals surface area contributed by atoms with Crippen LogP contribution in [0.15, 0.2) is 35.2 Å². The molecule has 0 saturated heterocycles. The number of carbonyl (C=O) groups is 1. The van der Waals surface area contributed by atoms with E-state index in [0.29, 0.717) is 0 Å². The van der Waals surface area contributed by atoms with Crippen molar-refractivity contribution in [2.45, 2.75) is 17.1 Å². The topological polar surface area (TPSA) is 51.2 Å². The van der Waals surface area contributed by atoms with Crippen molar-refractivity contribution in [3.63, 3.8) is 0 Å². The molecule has 0 spiro atoms. The lowest BCUT2D eigenvalue weighted by Crippen LogP contribution is -2.25. The maximum absolute atomic E-state index is 11.9. The van der Waals surface area contributed by atoms with Crippen LogP contribution >= 0.6 is 11.8 Å². The summed E-state index contributed by atoms with van der Waals surface area (Å²) in [5.74, 6) is 0. The zero-order chi connectivity index (χ0) is 11.5. The highest BCUT2D eigenvalue weighted by atomic mass is 32.2. The summed E-state index contributed by atoms with van der Waals surface area (Å²) in [5, 5.41) is -1.33. The van der Waals surface area contributed by atoms with Crippen LogP contribution in [0.2, 0.25) is 0 Å². The SMILES string of the molecule is CSC(=O)C(C)S(=O)(=O)c1ccccc1. The Morgan fingerprint density at radius 3 is 2.27 bits per heavy atom. The molecule has 0 aliphatic heterocycles. The molecule has 0 N–H and O–H groups in total. The van der Waals surface area contributed by atoms with Crippen LogP contribution in [-0.2, 0) is 14.6 Å². The summed E-state index contributed by atoms with van der Waals surface area (Å²) in [6, 6.07) is 8.02. The minimum Gasteiger partial charge on any atom is -0.286 e. The highest BCUT2D eigenvalue weighted by Crippen LogP contribution is 2.18. The normalized spacial score (nSPS) is 13.5. The van der Waals surface area contributed by atoms with Crippen molar-refractivity contribution in [1.29, 1.82) is 0 Å². The molecule has 15 heavy (non-hydrogen) atoms. The molecule has 0 aliphatic carbocycles. The molecule has 1 unspecified atom stereocenters. The average Bonchev–Trinajstić information content (AvgIpc) is 2.28. The van der Waals surface area contributed by atoms with Gasteiger partial charge in [0.15, 0.2) is 9.84 Å². The third-order valence-corrected chi connectivity index (χ3v) is 5.05. The number of carbonyl (C=O) groups excluding carboxylic acids is 1. The lowest BCUT2D eigenvalue weighted by atomic mass is 10.4. The molecular formula is C10H12O3S2. The molecule has 1 rings (SSSR count). The predicted octanol–water partition coefficient (Wildman–Crippen LogP) is 1.74. The van der Waals surface area contributed by atoms with Gasteiger partial charge in [0.2, 0.25) is 5.12 Å². The molecule has 0 aliphatic rings. The Balaban J connectivity index is 3.09. The van der Waals surface area contributed by atoms with Gasteiger partial charge < -0.3 is 0 Å². The Morgan fingerprint density at radius 1 is 1.27 bits per heavy atom. The smallest absolute Gasteiger partial charge is 0.206 e. The fraction of sp³-hybridized carbons (Fsp3) is 0.300. The van der Waals surface area contributed by atoms with Crippen LogP contribution in [-0.4, -0.2) is 25.0 Å². The molecule has 0 radical (unpaired) electrons. The molecule has 82 valence electrons. The van der Waals surface area contributed by atoms with Gasteiger partial charge in [-0.3, -0.25) is 4.79 Å². The monoisotopic (exact) mass is 244 g/mol. The van der Waals surface area contributed by atoms with E-state index in [-0.39, 0.29) is 10.0 Å². The maximum Gasteiger partial charge on any atom is 0.206 e. The van der Waals surface area contributed by atoms with Crippen LogP contribution in [0.3, 0.4) is 0 Å². The lowest BCUT2D eigenvalue weighted by molar-refractivity contribution is -0.110. The summed E-state index contributed by atoms with van der Waals surface area (Å²) in [7, 11) is -3.52. The second kappa shape index (κ2) is 4.81. The number of rotatable bonds is 3. The van der Waals surface area contributed by atoms with Crippen LogP contribution in [0.25, 0.3) is 0 Å². The minimum absolute atomic E-state index is 0.194. The largest absolute Gasteiger partial charge is 0.286 e. The molecule has 5 heteroatoms. The minimum atomic E-state index is -3.52. The van der Waals surface area contributed by atoms with Crippen LogP contribution in [0, 0.1) is 0 Å². The summed E-state index contributed by atoms with van der Waals surface area (Å²) in [4.78, 5) is 11.5. The molecule has 0 heterocycles. The summed E-state index contributed by atoms with van der Waals surface area (Å²) < 4.78 is 23.8. The van der Waals surface area contributed by atoms with Crippen LogP contribution in [0.1, 0.15) is 6.92 Å². The van der Waals surface area contributed by atoms with Gasteiger partial charge in [-0.05, 0) is 25.3 Å². The van der Waals surface area contributed by atoms with Crippen LogP contribution < -0.4 is 0 Å². The zero-order valence-electron chi connectivity index (χ0n) is 8.51. The summed E-state index contributed by atoms with van der Waals surface area (Å²) in [6.07, 6.45) is 1.58. The first-order chi connectivity index (χ1) is 7.00. The van der Waals surface area contributed by atoms with Crippen molar-refractivity contribution in [3.8, 4) is 0 Å². The van der Waals surface area contributed by atoms with Crippen molar-refractivity contribution < 1.29 is 13.2 Å². The number of benzene rings is 1. The highest BCUT2D eigenvalue weighted by molar-refractivity contribution is 8.14. The summed E-state index contributed by atoms with van der Waals surface area (Å²) >= 11 is 0.936. The standard InChI is InChI=1S/C10H12O3S2/c1-8(10(11)14-2)15(12,13)9-6-4-3-5-7-9/h3-8H,1-2H3. The first kappa shape index (κ1) is 12.3. The number of hydrogen-bond acceptors (Lipinski definition) is 4. The number of hydrogen-bond donors (Lipinski definition) is 0. The molecular weight excluding hydrogens is 232 g/mol. The van der Waals surface area contributed by atoms with E-state index in [4.69, 9.17) is 0 Å². The van der Waals surface area contributed by atoms with Gasteiger partial charge in [-0.2, -0.15) is 0 Å². The molecule has 0 amide bonds. The van der Waals surface area contributed by atoms with Gasteiger partial charge in [-0.15, -0.1) is 0 Å². The average molecular weight is 244 g/mol. The third kappa shape index (κ3) is 2.60. The van der Waals surface area contributed by atoms with Crippen molar-refractivity contribution >= 4 is 26.7 Å². The molecule has 0 saturated carbocycles. The van der Waals surface area contributed by atoms with E-state index in [9.17, 15) is 13.2 Å². The first-order valence-electron chi connectivity index (χ1n) is 4.37. The maximum atomic E-state index is 11.9. The summed E-state index contributed by atoms with van der Waals surface area (Å²) in [6.45, 7) is 1.42. The molecule has 1 atom stereocenters. The van der Waals surface area contributed by atoms with Crippen molar-refractivity contribution in [2.75, 3.05) is 6.26 Å². The molecule has 0 fully saturated rings. The molecule has 0 aromatic heterocycles. The van der Waals surface area contributed by atoms with Gasteiger partial charge in [-0.25, -0.2) is 8.42 Å².